The van der Waals surface area contributed by atoms with Gasteiger partial charge in [0, 0.05) is 12.6 Å². The summed E-state index contributed by atoms with van der Waals surface area (Å²) in [7, 11) is 0. The van der Waals surface area contributed by atoms with E-state index in [1.54, 1.807) is 4.90 Å². The Morgan fingerprint density at radius 2 is 1.73 bits per heavy atom. The van der Waals surface area contributed by atoms with Crippen LogP contribution in [0.1, 0.15) is 61.6 Å². The number of rotatable bonds is 5. The van der Waals surface area contributed by atoms with Crippen LogP contribution >= 0.6 is 0 Å². The summed E-state index contributed by atoms with van der Waals surface area (Å²) in [5.74, 6) is 0.190. The van der Waals surface area contributed by atoms with Crippen molar-refractivity contribution in [3.63, 3.8) is 0 Å². The van der Waals surface area contributed by atoms with Gasteiger partial charge in [0.25, 0.3) is 5.91 Å². The molecule has 1 fully saturated rings. The van der Waals surface area contributed by atoms with Gasteiger partial charge in [-0.25, -0.2) is 4.98 Å². The van der Waals surface area contributed by atoms with Crippen LogP contribution in [-0.2, 0) is 17.8 Å². The molecule has 1 aliphatic heterocycles. The van der Waals surface area contributed by atoms with Crippen molar-refractivity contribution in [2.45, 2.75) is 70.0 Å². The van der Waals surface area contributed by atoms with Crippen molar-refractivity contribution >= 4 is 22.8 Å². The Morgan fingerprint density at radius 1 is 1.03 bits per heavy atom. The fraction of sp³-hybridized carbons (Fsp3) is 0.444. The van der Waals surface area contributed by atoms with Gasteiger partial charge in [0.1, 0.15) is 5.54 Å². The van der Waals surface area contributed by atoms with Gasteiger partial charge in [0.05, 0.1) is 17.6 Å². The van der Waals surface area contributed by atoms with Crippen molar-refractivity contribution in [2.24, 2.45) is 0 Å². The van der Waals surface area contributed by atoms with Gasteiger partial charge in [-0.15, -0.1) is 0 Å². The van der Waals surface area contributed by atoms with Crippen molar-refractivity contribution in [1.29, 1.82) is 0 Å². The Morgan fingerprint density at radius 3 is 2.48 bits per heavy atom. The van der Waals surface area contributed by atoms with E-state index in [4.69, 9.17) is 0 Å². The van der Waals surface area contributed by atoms with E-state index in [1.165, 1.54) is 12.8 Å². The first kappa shape index (κ1) is 21.7. The lowest BCUT2D eigenvalue weighted by atomic mass is 9.93. The Bertz CT molecular complexity index is 1150. The first-order valence-electron chi connectivity index (χ1n) is 12.2. The summed E-state index contributed by atoms with van der Waals surface area (Å²) >= 11 is 0. The van der Waals surface area contributed by atoms with Crippen LogP contribution in [0.2, 0.25) is 0 Å². The monoisotopic (exact) mass is 444 g/mol. The minimum absolute atomic E-state index is 0.0563. The zero-order valence-corrected chi connectivity index (χ0v) is 19.3. The Kier molecular flexibility index (Phi) is 5.92. The number of aromatic nitrogens is 2. The third-order valence-electron chi connectivity index (χ3n) is 7.30. The van der Waals surface area contributed by atoms with Crippen molar-refractivity contribution < 1.29 is 9.59 Å². The van der Waals surface area contributed by atoms with Crippen molar-refractivity contribution in [3.8, 4) is 0 Å². The van der Waals surface area contributed by atoms with Crippen molar-refractivity contribution in [3.05, 3.63) is 66.0 Å². The molecule has 0 unspecified atom stereocenters. The Balaban J connectivity index is 1.48. The molecule has 6 heteroatoms. The number of carbonyl (C=O) groups excluding carboxylic acids is 2. The number of amides is 2. The van der Waals surface area contributed by atoms with E-state index in [1.807, 2.05) is 54.0 Å². The van der Waals surface area contributed by atoms with Crippen molar-refractivity contribution in [1.82, 2.24) is 19.8 Å². The van der Waals surface area contributed by atoms with Gasteiger partial charge < -0.3 is 14.8 Å². The second-order valence-corrected chi connectivity index (χ2v) is 9.64. The number of fused-ring (bicyclic) bond motifs is 3. The highest BCUT2D eigenvalue weighted by Gasteiger charge is 2.48. The molecule has 1 aromatic heterocycles. The largest absolute Gasteiger partial charge is 0.351 e. The molecule has 1 atom stereocenters. The fourth-order valence-electron chi connectivity index (χ4n) is 5.33. The van der Waals surface area contributed by atoms with E-state index >= 15 is 0 Å². The third-order valence-corrected chi connectivity index (χ3v) is 7.30. The summed E-state index contributed by atoms with van der Waals surface area (Å²) in [6.45, 7) is 2.79. The second kappa shape index (κ2) is 9.00. The summed E-state index contributed by atoms with van der Waals surface area (Å²) in [5.41, 5.74) is 1.86. The first-order valence-corrected chi connectivity index (χ1v) is 12.2. The molecule has 5 rings (SSSR count). The average Bonchev–Trinajstić information content (AvgIpc) is 3.00. The highest BCUT2D eigenvalue weighted by Crippen LogP contribution is 2.31. The van der Waals surface area contributed by atoms with E-state index in [2.05, 4.69) is 22.4 Å². The first-order chi connectivity index (χ1) is 16.1. The molecule has 0 saturated heterocycles. The zero-order valence-electron chi connectivity index (χ0n) is 19.3. The van der Waals surface area contributed by atoms with E-state index in [9.17, 15) is 9.59 Å². The normalized spacial score (nSPS) is 21.6. The van der Waals surface area contributed by atoms with Gasteiger partial charge in [-0.1, -0.05) is 68.1 Å². The summed E-state index contributed by atoms with van der Waals surface area (Å²) in [5, 5.41) is 3.32. The maximum Gasteiger partial charge on any atom is 0.290 e. The van der Waals surface area contributed by atoms with Gasteiger partial charge in [0.2, 0.25) is 5.91 Å². The number of hydrogen-bond donors (Lipinski definition) is 1. The Labute approximate surface area is 195 Å². The summed E-state index contributed by atoms with van der Waals surface area (Å²) in [6.07, 6.45) is 7.48. The molecule has 172 valence electrons. The maximum atomic E-state index is 13.8. The fourth-order valence-corrected chi connectivity index (χ4v) is 5.33. The van der Waals surface area contributed by atoms with E-state index in [-0.39, 0.29) is 17.9 Å². The van der Waals surface area contributed by atoms with E-state index < -0.39 is 5.54 Å². The van der Waals surface area contributed by atoms with E-state index in [0.29, 0.717) is 25.3 Å². The number of hydrogen-bond acceptors (Lipinski definition) is 3. The molecule has 2 heterocycles. The SMILES string of the molecule is C[C@]1(C(=O)NC2CCCCCC2)Cn2c(nc3ccccc32)C(=O)N1CCc1ccccc1. The predicted molar refractivity (Wildman–Crippen MR) is 129 cm³/mol. The molecule has 0 spiro atoms. The molecular weight excluding hydrogens is 412 g/mol. The van der Waals surface area contributed by atoms with Gasteiger partial charge in [0.15, 0.2) is 5.82 Å². The van der Waals surface area contributed by atoms with Crippen molar-refractivity contribution in [2.75, 3.05) is 6.54 Å². The molecule has 1 aliphatic carbocycles. The number of para-hydroxylation sites is 2. The molecule has 2 aliphatic rings. The molecule has 6 nitrogen and oxygen atoms in total. The summed E-state index contributed by atoms with van der Waals surface area (Å²) < 4.78 is 1.93. The second-order valence-electron chi connectivity index (χ2n) is 9.64. The highest BCUT2D eigenvalue weighted by atomic mass is 16.2. The van der Waals surface area contributed by atoms with Gasteiger partial charge in [-0.05, 0) is 43.9 Å². The molecule has 3 aromatic rings. The lowest BCUT2D eigenvalue weighted by molar-refractivity contribution is -0.133. The van der Waals surface area contributed by atoms with Crippen LogP contribution in [0.4, 0.5) is 0 Å². The molecule has 0 bridgehead atoms. The molecule has 2 amide bonds. The molecular formula is C27H32N4O2. The number of carbonyl (C=O) groups is 2. The van der Waals surface area contributed by atoms with Gasteiger partial charge >= 0.3 is 0 Å². The maximum absolute atomic E-state index is 13.8. The average molecular weight is 445 g/mol. The molecule has 33 heavy (non-hydrogen) atoms. The van der Waals surface area contributed by atoms with Crippen LogP contribution in [0.3, 0.4) is 0 Å². The Hall–Kier alpha value is -3.15. The van der Waals surface area contributed by atoms with Gasteiger partial charge in [-0.3, -0.25) is 9.59 Å². The molecule has 0 radical (unpaired) electrons. The van der Waals surface area contributed by atoms with Crippen LogP contribution in [0.5, 0.6) is 0 Å². The van der Waals surface area contributed by atoms with Crippen LogP contribution in [0, 0.1) is 0 Å². The van der Waals surface area contributed by atoms with E-state index in [0.717, 1.165) is 42.3 Å². The van der Waals surface area contributed by atoms with Gasteiger partial charge in [-0.2, -0.15) is 0 Å². The lowest BCUT2D eigenvalue weighted by Gasteiger charge is -2.44. The van der Waals surface area contributed by atoms with Crippen LogP contribution < -0.4 is 5.32 Å². The van der Waals surface area contributed by atoms with Crippen LogP contribution in [-0.4, -0.2) is 44.4 Å². The molecule has 2 aromatic carbocycles. The number of nitrogens with zero attached hydrogens (tertiary/aromatic N) is 3. The van der Waals surface area contributed by atoms with Crippen LogP contribution in [0.25, 0.3) is 11.0 Å². The third kappa shape index (κ3) is 4.14. The minimum atomic E-state index is -0.978. The standard InChI is InChI=1S/C27H32N4O2/c1-27(26(33)28-21-13-7-2-3-8-14-21)19-30-23-16-10-9-15-22(23)29-24(30)25(32)31(27)18-17-20-11-5-4-6-12-20/h4-6,9-12,15-16,21H,2-3,7-8,13-14,17-19H2,1H3,(H,28,33)/t27-/m1/s1. The summed E-state index contributed by atoms with van der Waals surface area (Å²) in [4.78, 5) is 33.9. The minimum Gasteiger partial charge on any atom is -0.351 e. The molecule has 1 saturated carbocycles. The van der Waals surface area contributed by atoms with Crippen LogP contribution in [0.15, 0.2) is 54.6 Å². The highest BCUT2D eigenvalue weighted by molar-refractivity contribution is 6.01. The topological polar surface area (TPSA) is 67.2 Å². The number of imidazole rings is 1. The predicted octanol–water partition coefficient (Wildman–Crippen LogP) is 4.33. The lowest BCUT2D eigenvalue weighted by Crippen LogP contribution is -2.65. The summed E-state index contributed by atoms with van der Waals surface area (Å²) in [6, 6.07) is 18.1. The number of benzene rings is 2. The smallest absolute Gasteiger partial charge is 0.290 e. The number of nitrogens with one attached hydrogen (secondary N) is 1. The quantitative estimate of drug-likeness (QED) is 0.596. The molecule has 1 N–H and O–H groups in total. The zero-order chi connectivity index (χ0) is 22.8.